The quantitative estimate of drug-likeness (QED) is 0.644. The summed E-state index contributed by atoms with van der Waals surface area (Å²) in [6.45, 7) is 4.13. The topological polar surface area (TPSA) is 130 Å². The van der Waals surface area contributed by atoms with E-state index < -0.39 is 44.7 Å². The third-order valence-electron chi connectivity index (χ3n) is 3.29. The van der Waals surface area contributed by atoms with Crippen LogP contribution in [0.4, 0.5) is 5.69 Å². The van der Waals surface area contributed by atoms with E-state index in [-0.39, 0.29) is 6.42 Å². The Labute approximate surface area is 146 Å². The summed E-state index contributed by atoms with van der Waals surface area (Å²) in [5, 5.41) is 13.2. The number of carbonyl (C=O) groups is 3. The van der Waals surface area contributed by atoms with Crippen molar-refractivity contribution in [3.05, 3.63) is 29.8 Å². The zero-order valence-electron chi connectivity index (χ0n) is 14.3. The van der Waals surface area contributed by atoms with Crippen LogP contribution in [-0.4, -0.2) is 48.4 Å². The number of aliphatic carboxylic acids is 1. The van der Waals surface area contributed by atoms with Crippen LogP contribution < -0.4 is 10.6 Å². The maximum absolute atomic E-state index is 12.0. The van der Waals surface area contributed by atoms with Gasteiger partial charge in [0.2, 0.25) is 11.8 Å². The molecule has 0 spiro atoms. The summed E-state index contributed by atoms with van der Waals surface area (Å²) in [5.74, 6) is -2.82. The zero-order chi connectivity index (χ0) is 19.3. The van der Waals surface area contributed by atoms with Gasteiger partial charge >= 0.3 is 5.97 Å². The lowest BCUT2D eigenvalue weighted by Crippen LogP contribution is -2.35. The third kappa shape index (κ3) is 6.92. The van der Waals surface area contributed by atoms with E-state index in [1.54, 1.807) is 24.3 Å². The summed E-state index contributed by atoms with van der Waals surface area (Å²) >= 11 is 0. The molecule has 0 aliphatic heterocycles. The summed E-state index contributed by atoms with van der Waals surface area (Å²) in [5.41, 5.74) is 1.03. The van der Waals surface area contributed by atoms with E-state index in [9.17, 15) is 22.8 Å². The molecule has 0 saturated carbocycles. The Balaban J connectivity index is 2.61. The molecule has 0 fully saturated rings. The number of carboxylic acid groups (broad SMARTS) is 1. The molecule has 0 aliphatic carbocycles. The van der Waals surface area contributed by atoms with Crippen molar-refractivity contribution in [2.24, 2.45) is 0 Å². The molecule has 0 saturated heterocycles. The van der Waals surface area contributed by atoms with Gasteiger partial charge in [-0.2, -0.15) is 0 Å². The first kappa shape index (κ1) is 20.6. The van der Waals surface area contributed by atoms with Gasteiger partial charge < -0.3 is 15.7 Å². The molecule has 0 atom stereocenters. The lowest BCUT2D eigenvalue weighted by Gasteiger charge is -2.18. The fraction of sp³-hybridized carbons (Fsp3) is 0.438. The molecule has 25 heavy (non-hydrogen) atoms. The molecular weight excluding hydrogens is 348 g/mol. The molecule has 9 heteroatoms. The highest BCUT2D eigenvalue weighted by molar-refractivity contribution is 7.93. The van der Waals surface area contributed by atoms with Crippen molar-refractivity contribution in [3.63, 3.8) is 0 Å². The molecule has 0 aliphatic rings. The van der Waals surface area contributed by atoms with Crippen molar-refractivity contribution >= 4 is 33.3 Å². The van der Waals surface area contributed by atoms with Gasteiger partial charge in [-0.1, -0.05) is 12.1 Å². The SMILES string of the molecule is CC(C)(C)S(=O)(=O)CC(=O)Nc1ccc(CC(=O)NCC(=O)O)cc1. The van der Waals surface area contributed by atoms with E-state index in [4.69, 9.17) is 5.11 Å². The monoisotopic (exact) mass is 370 g/mol. The molecule has 0 bridgehead atoms. The highest BCUT2D eigenvalue weighted by atomic mass is 32.2. The summed E-state index contributed by atoms with van der Waals surface area (Å²) < 4.78 is 23.0. The Morgan fingerprint density at radius 1 is 1.04 bits per heavy atom. The maximum Gasteiger partial charge on any atom is 0.322 e. The van der Waals surface area contributed by atoms with Crippen LogP contribution >= 0.6 is 0 Å². The number of hydrogen-bond donors (Lipinski definition) is 3. The highest BCUT2D eigenvalue weighted by Gasteiger charge is 2.31. The van der Waals surface area contributed by atoms with Crippen molar-refractivity contribution < 1.29 is 27.9 Å². The van der Waals surface area contributed by atoms with Crippen LogP contribution in [0.1, 0.15) is 26.3 Å². The molecule has 1 aromatic rings. The number of amides is 2. The van der Waals surface area contributed by atoms with Crippen molar-refractivity contribution in [3.8, 4) is 0 Å². The van der Waals surface area contributed by atoms with Gasteiger partial charge in [-0.05, 0) is 38.5 Å². The number of carboxylic acids is 1. The Morgan fingerprint density at radius 2 is 1.60 bits per heavy atom. The first-order valence-corrected chi connectivity index (χ1v) is 9.15. The van der Waals surface area contributed by atoms with Crippen LogP contribution in [0.3, 0.4) is 0 Å². The Kier molecular flexibility index (Phi) is 6.69. The lowest BCUT2D eigenvalue weighted by atomic mass is 10.1. The number of hydrogen-bond acceptors (Lipinski definition) is 5. The second-order valence-electron chi connectivity index (χ2n) is 6.46. The van der Waals surface area contributed by atoms with Crippen LogP contribution in [-0.2, 0) is 30.6 Å². The molecular formula is C16H22N2O6S. The molecule has 0 radical (unpaired) electrons. The molecule has 2 amide bonds. The van der Waals surface area contributed by atoms with Crippen LogP contribution in [0.2, 0.25) is 0 Å². The Hall–Kier alpha value is -2.42. The third-order valence-corrected chi connectivity index (χ3v) is 5.80. The minimum Gasteiger partial charge on any atom is -0.480 e. The first-order chi connectivity index (χ1) is 11.4. The Morgan fingerprint density at radius 3 is 2.08 bits per heavy atom. The number of anilines is 1. The fourth-order valence-corrected chi connectivity index (χ4v) is 2.56. The molecule has 138 valence electrons. The van der Waals surface area contributed by atoms with Crippen LogP contribution in [0.5, 0.6) is 0 Å². The van der Waals surface area contributed by atoms with Gasteiger partial charge in [0.15, 0.2) is 9.84 Å². The lowest BCUT2D eigenvalue weighted by molar-refractivity contribution is -0.137. The van der Waals surface area contributed by atoms with Crippen LogP contribution in [0.15, 0.2) is 24.3 Å². The molecule has 8 nitrogen and oxygen atoms in total. The first-order valence-electron chi connectivity index (χ1n) is 7.50. The van der Waals surface area contributed by atoms with E-state index in [0.29, 0.717) is 11.3 Å². The van der Waals surface area contributed by atoms with E-state index in [1.165, 1.54) is 20.8 Å². The van der Waals surface area contributed by atoms with Gasteiger partial charge in [-0.3, -0.25) is 14.4 Å². The Bertz CT molecular complexity index is 748. The number of rotatable bonds is 7. The summed E-state index contributed by atoms with van der Waals surface area (Å²) in [6, 6.07) is 6.27. The van der Waals surface area contributed by atoms with Crippen molar-refractivity contribution in [2.45, 2.75) is 31.9 Å². The minimum atomic E-state index is -3.57. The normalized spacial score (nSPS) is 11.6. The second kappa shape index (κ2) is 8.11. The highest BCUT2D eigenvalue weighted by Crippen LogP contribution is 2.17. The number of benzene rings is 1. The van der Waals surface area contributed by atoms with Crippen molar-refractivity contribution in [2.75, 3.05) is 17.6 Å². The summed E-state index contributed by atoms with van der Waals surface area (Å²) in [4.78, 5) is 33.8. The summed E-state index contributed by atoms with van der Waals surface area (Å²) in [6.07, 6.45) is -0.0000895. The number of nitrogens with one attached hydrogen (secondary N) is 2. The smallest absolute Gasteiger partial charge is 0.322 e. The predicted octanol–water partition coefficient (Wildman–Crippen LogP) is 0.582. The zero-order valence-corrected chi connectivity index (χ0v) is 15.1. The van der Waals surface area contributed by atoms with Gasteiger partial charge in [0.1, 0.15) is 12.3 Å². The molecule has 0 heterocycles. The van der Waals surface area contributed by atoms with Gasteiger partial charge in [-0.25, -0.2) is 8.42 Å². The van der Waals surface area contributed by atoms with Gasteiger partial charge in [0.05, 0.1) is 11.2 Å². The van der Waals surface area contributed by atoms with Crippen molar-refractivity contribution in [1.29, 1.82) is 0 Å². The average molecular weight is 370 g/mol. The van der Waals surface area contributed by atoms with E-state index in [0.717, 1.165) is 0 Å². The standard InChI is InChI=1S/C16H22N2O6S/c1-16(2,3)25(23,24)10-14(20)18-12-6-4-11(5-7-12)8-13(19)17-9-15(21)22/h4-7H,8-10H2,1-3H3,(H,17,19)(H,18,20)(H,21,22). The van der Waals surface area contributed by atoms with Crippen LogP contribution in [0, 0.1) is 0 Å². The van der Waals surface area contributed by atoms with Gasteiger partial charge in [0.25, 0.3) is 0 Å². The van der Waals surface area contributed by atoms with E-state index in [2.05, 4.69) is 10.6 Å². The van der Waals surface area contributed by atoms with Gasteiger partial charge in [-0.15, -0.1) is 0 Å². The maximum atomic E-state index is 12.0. The molecule has 1 aromatic carbocycles. The molecule has 1 rings (SSSR count). The predicted molar refractivity (Wildman–Crippen MR) is 93.0 cm³/mol. The molecule has 3 N–H and O–H groups in total. The van der Waals surface area contributed by atoms with E-state index >= 15 is 0 Å². The second-order valence-corrected chi connectivity index (χ2v) is 9.21. The average Bonchev–Trinajstić information content (AvgIpc) is 2.45. The molecule has 0 unspecified atom stereocenters. The van der Waals surface area contributed by atoms with Crippen LogP contribution in [0.25, 0.3) is 0 Å². The number of carbonyl (C=O) groups excluding carboxylic acids is 2. The van der Waals surface area contributed by atoms with Crippen molar-refractivity contribution in [1.82, 2.24) is 5.32 Å². The van der Waals surface area contributed by atoms with E-state index in [1.807, 2.05) is 0 Å². The summed E-state index contributed by atoms with van der Waals surface area (Å²) in [7, 11) is -3.57. The molecule has 0 aromatic heterocycles. The van der Waals surface area contributed by atoms with Gasteiger partial charge in [0, 0.05) is 5.69 Å². The largest absolute Gasteiger partial charge is 0.480 e. The fourth-order valence-electron chi connectivity index (χ4n) is 1.71. The minimum absolute atomic E-state index is 0.0000895. The number of sulfone groups is 1.